The highest BCUT2D eigenvalue weighted by Crippen LogP contribution is 2.10. The van der Waals surface area contributed by atoms with Gasteiger partial charge in [-0.05, 0) is 18.2 Å². The Balaban J connectivity index is 2.72. The van der Waals surface area contributed by atoms with Crippen LogP contribution in [0.5, 0.6) is 0 Å². The minimum absolute atomic E-state index is 0.0916. The zero-order valence-corrected chi connectivity index (χ0v) is 6.48. The van der Waals surface area contributed by atoms with Gasteiger partial charge in [-0.15, -0.1) is 0 Å². The molecule has 4 nitrogen and oxygen atoms in total. The number of nitrogens with zero attached hydrogens (tertiary/aromatic N) is 2. The molecule has 0 fully saturated rings. The normalized spacial score (nSPS) is 12.3. The second-order valence-corrected chi connectivity index (χ2v) is 2.46. The molecule has 0 spiro atoms. The van der Waals surface area contributed by atoms with E-state index >= 15 is 0 Å². The molecule has 1 aromatic carbocycles. The quantitative estimate of drug-likeness (QED) is 0.711. The SMILES string of the molecule is [2H]c1nc2ccc(C(=O)O)cc2nc1[2H]. The fourth-order valence-electron chi connectivity index (χ4n) is 1.01. The zero-order valence-electron chi connectivity index (χ0n) is 8.48. The van der Waals surface area contributed by atoms with Crippen molar-refractivity contribution in [3.05, 3.63) is 36.1 Å². The van der Waals surface area contributed by atoms with Gasteiger partial charge in [-0.1, -0.05) is 0 Å². The molecule has 0 amide bonds. The molecule has 2 aromatic rings. The van der Waals surface area contributed by atoms with Gasteiger partial charge in [0.1, 0.15) is 0 Å². The van der Waals surface area contributed by atoms with E-state index < -0.39 is 5.97 Å². The van der Waals surface area contributed by atoms with Crippen molar-refractivity contribution in [2.75, 3.05) is 0 Å². The third-order valence-corrected chi connectivity index (χ3v) is 1.63. The van der Waals surface area contributed by atoms with E-state index in [0.717, 1.165) is 0 Å². The van der Waals surface area contributed by atoms with Crippen LogP contribution in [0.4, 0.5) is 0 Å². The van der Waals surface area contributed by atoms with E-state index in [1.807, 2.05) is 0 Å². The Kier molecular flexibility index (Phi) is 1.22. The molecular weight excluding hydrogens is 168 g/mol. The van der Waals surface area contributed by atoms with Crippen molar-refractivity contribution >= 4 is 17.0 Å². The van der Waals surface area contributed by atoms with Crippen molar-refractivity contribution in [3.63, 3.8) is 0 Å². The van der Waals surface area contributed by atoms with Crippen LogP contribution in [0.15, 0.2) is 30.5 Å². The molecule has 1 N–H and O–H groups in total. The minimum Gasteiger partial charge on any atom is -0.478 e. The molecule has 0 bridgehead atoms. The van der Waals surface area contributed by atoms with Crippen LogP contribution in [-0.2, 0) is 0 Å². The molecule has 0 radical (unpaired) electrons. The van der Waals surface area contributed by atoms with Gasteiger partial charge in [0.05, 0.1) is 19.3 Å². The highest BCUT2D eigenvalue weighted by atomic mass is 16.4. The van der Waals surface area contributed by atoms with Gasteiger partial charge in [-0.25, -0.2) is 4.79 Å². The Morgan fingerprint density at radius 2 is 2.00 bits per heavy atom. The summed E-state index contributed by atoms with van der Waals surface area (Å²) >= 11 is 0. The number of aromatic carboxylic acids is 1. The van der Waals surface area contributed by atoms with Crippen LogP contribution in [0.2, 0.25) is 0 Å². The van der Waals surface area contributed by atoms with Gasteiger partial charge in [0.15, 0.2) is 0 Å². The molecule has 64 valence electrons. The summed E-state index contributed by atoms with van der Waals surface area (Å²) in [4.78, 5) is 18.2. The monoisotopic (exact) mass is 176 g/mol. The average Bonchev–Trinajstić information content (AvgIpc) is 2.19. The van der Waals surface area contributed by atoms with Crippen LogP contribution in [0.25, 0.3) is 11.0 Å². The first-order valence-electron chi connectivity index (χ1n) is 4.56. The number of fused-ring (bicyclic) bond motifs is 1. The zero-order chi connectivity index (χ0) is 11.0. The number of rotatable bonds is 1. The number of benzene rings is 1. The van der Waals surface area contributed by atoms with E-state index in [1.165, 1.54) is 18.2 Å². The summed E-state index contributed by atoms with van der Waals surface area (Å²) in [5.41, 5.74) is 0.825. The van der Waals surface area contributed by atoms with Crippen molar-refractivity contribution in [2.45, 2.75) is 0 Å². The van der Waals surface area contributed by atoms with E-state index in [-0.39, 0.29) is 17.9 Å². The predicted octanol–water partition coefficient (Wildman–Crippen LogP) is 1.33. The van der Waals surface area contributed by atoms with Crippen molar-refractivity contribution in [2.24, 2.45) is 0 Å². The lowest BCUT2D eigenvalue weighted by Gasteiger charge is -1.96. The molecule has 1 aromatic heterocycles. The van der Waals surface area contributed by atoms with Crippen LogP contribution in [0.1, 0.15) is 13.1 Å². The van der Waals surface area contributed by atoms with Gasteiger partial charge >= 0.3 is 5.97 Å². The van der Waals surface area contributed by atoms with Crippen LogP contribution in [0.3, 0.4) is 0 Å². The number of carbonyl (C=O) groups is 1. The molecule has 1 heterocycles. The van der Waals surface area contributed by atoms with Crippen molar-refractivity contribution < 1.29 is 12.6 Å². The molecule has 0 unspecified atom stereocenters. The summed E-state index contributed by atoms with van der Waals surface area (Å²) < 4.78 is 14.5. The Labute approximate surface area is 76.7 Å². The maximum Gasteiger partial charge on any atom is 0.335 e. The summed E-state index contributed by atoms with van der Waals surface area (Å²) in [6.45, 7) is 0. The topological polar surface area (TPSA) is 63.1 Å². The van der Waals surface area contributed by atoms with E-state index in [2.05, 4.69) is 9.97 Å². The molecule has 0 atom stereocenters. The van der Waals surface area contributed by atoms with Gasteiger partial charge in [-0.2, -0.15) is 0 Å². The maximum absolute atomic E-state index is 10.7. The van der Waals surface area contributed by atoms with Gasteiger partial charge < -0.3 is 5.11 Å². The van der Waals surface area contributed by atoms with Crippen LogP contribution in [0, 0.1) is 0 Å². The number of aromatic nitrogens is 2. The second kappa shape index (κ2) is 2.82. The second-order valence-electron chi connectivity index (χ2n) is 2.46. The van der Waals surface area contributed by atoms with E-state index in [1.54, 1.807) is 0 Å². The van der Waals surface area contributed by atoms with Gasteiger partial charge in [-0.3, -0.25) is 9.97 Å². The van der Waals surface area contributed by atoms with E-state index in [0.29, 0.717) is 11.0 Å². The summed E-state index contributed by atoms with van der Waals surface area (Å²) in [5.74, 6) is -1.06. The van der Waals surface area contributed by atoms with Gasteiger partial charge in [0, 0.05) is 12.3 Å². The first kappa shape index (κ1) is 5.64. The molecule has 0 aliphatic heterocycles. The number of hydrogen-bond donors (Lipinski definition) is 1. The Hall–Kier alpha value is -1.97. The molecular formula is C9H6N2O2. The smallest absolute Gasteiger partial charge is 0.335 e. The Morgan fingerprint density at radius 1 is 1.31 bits per heavy atom. The van der Waals surface area contributed by atoms with Crippen molar-refractivity contribution in [1.82, 2.24) is 9.97 Å². The van der Waals surface area contributed by atoms with Crippen molar-refractivity contribution in [1.29, 1.82) is 0 Å². The average molecular weight is 176 g/mol. The lowest BCUT2D eigenvalue weighted by atomic mass is 10.2. The Morgan fingerprint density at radius 3 is 2.69 bits per heavy atom. The first-order valence-corrected chi connectivity index (χ1v) is 3.56. The van der Waals surface area contributed by atoms with Crippen LogP contribution >= 0.6 is 0 Å². The lowest BCUT2D eigenvalue weighted by Crippen LogP contribution is -1.96. The number of carboxylic acids is 1. The van der Waals surface area contributed by atoms with E-state index in [9.17, 15) is 4.79 Å². The molecule has 4 heteroatoms. The maximum atomic E-state index is 10.7. The molecule has 2 rings (SSSR count). The predicted molar refractivity (Wildman–Crippen MR) is 46.5 cm³/mol. The first-order chi connectivity index (χ1) is 7.08. The molecule has 0 aliphatic carbocycles. The van der Waals surface area contributed by atoms with E-state index in [4.69, 9.17) is 7.85 Å². The third-order valence-electron chi connectivity index (χ3n) is 1.63. The van der Waals surface area contributed by atoms with Crippen LogP contribution in [-0.4, -0.2) is 21.0 Å². The lowest BCUT2D eigenvalue weighted by molar-refractivity contribution is 0.0697. The highest BCUT2D eigenvalue weighted by Gasteiger charge is 2.03. The fourth-order valence-corrected chi connectivity index (χ4v) is 1.01. The van der Waals surface area contributed by atoms with Gasteiger partial charge in [0.25, 0.3) is 0 Å². The molecule has 13 heavy (non-hydrogen) atoms. The molecule has 0 saturated carbocycles. The highest BCUT2D eigenvalue weighted by molar-refractivity contribution is 5.91. The summed E-state index contributed by atoms with van der Waals surface area (Å²) in [6.07, 6.45) is -0.476. The summed E-state index contributed by atoms with van der Waals surface area (Å²) in [5, 5.41) is 8.74. The number of carboxylic acid groups (broad SMARTS) is 1. The molecule has 0 saturated heterocycles. The minimum atomic E-state index is -1.06. The Bertz CT molecular complexity index is 557. The number of hydrogen-bond acceptors (Lipinski definition) is 3. The summed E-state index contributed by atoms with van der Waals surface area (Å²) in [6, 6.07) is 4.20. The standard InChI is InChI=1S/C9H6N2O2/c12-9(13)6-1-2-7-8(5-6)11-4-3-10-7/h1-5H,(H,12,13)/i3D,4D. The molecule has 0 aliphatic rings. The van der Waals surface area contributed by atoms with Crippen molar-refractivity contribution in [3.8, 4) is 0 Å². The largest absolute Gasteiger partial charge is 0.478 e. The van der Waals surface area contributed by atoms with Crippen LogP contribution < -0.4 is 0 Å². The van der Waals surface area contributed by atoms with Gasteiger partial charge in [0.2, 0.25) is 0 Å². The third kappa shape index (κ3) is 1.33. The summed E-state index contributed by atoms with van der Waals surface area (Å²) in [7, 11) is 0. The fraction of sp³-hybridized carbons (Fsp3) is 0.